The Morgan fingerprint density at radius 2 is 2.19 bits per heavy atom. The first-order valence-corrected chi connectivity index (χ1v) is 5.69. The number of nitrogen functional groups attached to an aromatic ring is 1. The van der Waals surface area contributed by atoms with Crippen LogP contribution in [0.2, 0.25) is 0 Å². The fourth-order valence-corrected chi connectivity index (χ4v) is 2.20. The number of nitrogens with zero attached hydrogens (tertiary/aromatic N) is 2. The van der Waals surface area contributed by atoms with E-state index in [-0.39, 0.29) is 6.10 Å². The van der Waals surface area contributed by atoms with Gasteiger partial charge in [-0.2, -0.15) is 0 Å². The van der Waals surface area contributed by atoms with Gasteiger partial charge >= 0.3 is 0 Å². The van der Waals surface area contributed by atoms with Crippen LogP contribution in [0.5, 0.6) is 0 Å². The number of fused-ring (bicyclic) bond motifs is 1. The van der Waals surface area contributed by atoms with Crippen LogP contribution in [0.4, 0.5) is 5.82 Å². The van der Waals surface area contributed by atoms with Gasteiger partial charge in [0.15, 0.2) is 5.82 Å². The molecular weight excluding hydrogens is 206 g/mol. The molecule has 3 heterocycles. The van der Waals surface area contributed by atoms with Crippen molar-refractivity contribution in [2.45, 2.75) is 32.0 Å². The summed E-state index contributed by atoms with van der Waals surface area (Å²) in [5, 5.41) is 0. The fraction of sp³-hybridized carbons (Fsp3) is 0.636. The molecule has 0 saturated carbocycles. The summed E-state index contributed by atoms with van der Waals surface area (Å²) in [6.07, 6.45) is 2.93. The summed E-state index contributed by atoms with van der Waals surface area (Å²) in [5.74, 6) is 1.30. The number of hydrogen-bond donors (Lipinski definition) is 1. The van der Waals surface area contributed by atoms with Gasteiger partial charge in [-0.1, -0.05) is 0 Å². The van der Waals surface area contributed by atoms with E-state index in [0.717, 1.165) is 43.0 Å². The normalized spacial score (nSPS) is 24.4. The van der Waals surface area contributed by atoms with Crippen molar-refractivity contribution in [3.05, 3.63) is 17.1 Å². The van der Waals surface area contributed by atoms with Gasteiger partial charge in [0, 0.05) is 18.6 Å². The van der Waals surface area contributed by atoms with Crippen molar-refractivity contribution in [2.75, 3.05) is 18.9 Å². The third-order valence-corrected chi connectivity index (χ3v) is 3.09. The molecule has 0 amide bonds. The van der Waals surface area contributed by atoms with Crippen LogP contribution in [-0.4, -0.2) is 23.2 Å². The quantitative estimate of drug-likeness (QED) is 0.765. The summed E-state index contributed by atoms with van der Waals surface area (Å²) in [5.41, 5.74) is 7.91. The maximum absolute atomic E-state index is 5.92. The highest BCUT2D eigenvalue weighted by molar-refractivity contribution is 5.43. The Morgan fingerprint density at radius 3 is 3.00 bits per heavy atom. The van der Waals surface area contributed by atoms with Crippen LogP contribution >= 0.6 is 0 Å². The molecule has 0 aliphatic carbocycles. The highest BCUT2D eigenvalue weighted by atomic mass is 16.5. The topological polar surface area (TPSA) is 70.3 Å². The summed E-state index contributed by atoms with van der Waals surface area (Å²) in [7, 11) is 0. The first-order chi connectivity index (χ1) is 7.84. The van der Waals surface area contributed by atoms with E-state index in [1.807, 2.05) is 0 Å². The second-order valence-electron chi connectivity index (χ2n) is 4.20. The average molecular weight is 221 g/mol. The standard InChI is InChI=1S/C11H15N3O2/c12-10-7-6-15-5-3-8(7)13-11(14-10)9-2-1-4-16-9/h9H,1-6H2,(H2,12,13,14). The Bertz CT molecular complexity index is 402. The zero-order valence-corrected chi connectivity index (χ0v) is 9.11. The molecule has 86 valence electrons. The van der Waals surface area contributed by atoms with Crippen LogP contribution in [0, 0.1) is 0 Å². The summed E-state index contributed by atoms with van der Waals surface area (Å²) < 4.78 is 10.9. The molecule has 16 heavy (non-hydrogen) atoms. The predicted octanol–water partition coefficient (Wildman–Crippen LogP) is 0.983. The second kappa shape index (κ2) is 3.99. The Morgan fingerprint density at radius 1 is 1.25 bits per heavy atom. The molecule has 5 heteroatoms. The Hall–Kier alpha value is -1.20. The van der Waals surface area contributed by atoms with Crippen LogP contribution < -0.4 is 5.73 Å². The first-order valence-electron chi connectivity index (χ1n) is 5.69. The molecule has 1 aromatic heterocycles. The molecule has 2 aliphatic heterocycles. The molecule has 1 atom stereocenters. The maximum atomic E-state index is 5.92. The lowest BCUT2D eigenvalue weighted by atomic mass is 10.1. The van der Waals surface area contributed by atoms with E-state index in [1.54, 1.807) is 0 Å². The molecule has 0 bridgehead atoms. The molecule has 3 rings (SSSR count). The van der Waals surface area contributed by atoms with E-state index in [1.165, 1.54) is 0 Å². The third-order valence-electron chi connectivity index (χ3n) is 3.09. The van der Waals surface area contributed by atoms with Crippen LogP contribution in [0.25, 0.3) is 0 Å². The molecule has 1 unspecified atom stereocenters. The number of aromatic nitrogens is 2. The van der Waals surface area contributed by atoms with E-state index >= 15 is 0 Å². The number of nitrogens with two attached hydrogens (primary N) is 1. The van der Waals surface area contributed by atoms with Crippen LogP contribution in [0.3, 0.4) is 0 Å². The van der Waals surface area contributed by atoms with Crippen molar-refractivity contribution in [1.29, 1.82) is 0 Å². The molecule has 1 fully saturated rings. The molecular formula is C11H15N3O2. The van der Waals surface area contributed by atoms with Gasteiger partial charge in [0.1, 0.15) is 11.9 Å². The largest absolute Gasteiger partial charge is 0.383 e. The number of hydrogen-bond acceptors (Lipinski definition) is 5. The van der Waals surface area contributed by atoms with Gasteiger partial charge in [-0.3, -0.25) is 0 Å². The second-order valence-corrected chi connectivity index (χ2v) is 4.20. The zero-order chi connectivity index (χ0) is 11.0. The molecule has 0 spiro atoms. The minimum atomic E-state index is 0.0374. The maximum Gasteiger partial charge on any atom is 0.159 e. The summed E-state index contributed by atoms with van der Waals surface area (Å²) in [6.45, 7) is 2.05. The molecule has 2 aliphatic rings. The zero-order valence-electron chi connectivity index (χ0n) is 9.11. The summed E-state index contributed by atoms with van der Waals surface area (Å²) >= 11 is 0. The SMILES string of the molecule is Nc1nc(C2CCCO2)nc2c1COCC2. The Kier molecular flexibility index (Phi) is 2.49. The lowest BCUT2D eigenvalue weighted by Crippen LogP contribution is -2.18. The number of rotatable bonds is 1. The molecule has 1 aromatic rings. The lowest BCUT2D eigenvalue weighted by molar-refractivity contribution is 0.0991. The van der Waals surface area contributed by atoms with E-state index in [4.69, 9.17) is 15.2 Å². The monoisotopic (exact) mass is 221 g/mol. The van der Waals surface area contributed by atoms with Gasteiger partial charge in [-0.15, -0.1) is 0 Å². The minimum absolute atomic E-state index is 0.0374. The van der Waals surface area contributed by atoms with Crippen molar-refractivity contribution < 1.29 is 9.47 Å². The molecule has 0 radical (unpaired) electrons. The lowest BCUT2D eigenvalue weighted by Gasteiger charge is -2.19. The molecule has 5 nitrogen and oxygen atoms in total. The Labute approximate surface area is 94.0 Å². The van der Waals surface area contributed by atoms with Crippen LogP contribution in [0.15, 0.2) is 0 Å². The van der Waals surface area contributed by atoms with Crippen molar-refractivity contribution in [3.8, 4) is 0 Å². The van der Waals surface area contributed by atoms with E-state index in [9.17, 15) is 0 Å². The van der Waals surface area contributed by atoms with Crippen molar-refractivity contribution in [3.63, 3.8) is 0 Å². The van der Waals surface area contributed by atoms with Gasteiger partial charge in [0.25, 0.3) is 0 Å². The highest BCUT2D eigenvalue weighted by Gasteiger charge is 2.24. The number of anilines is 1. The third kappa shape index (κ3) is 1.66. The predicted molar refractivity (Wildman–Crippen MR) is 57.7 cm³/mol. The van der Waals surface area contributed by atoms with Gasteiger partial charge in [-0.05, 0) is 12.8 Å². The van der Waals surface area contributed by atoms with Crippen molar-refractivity contribution in [1.82, 2.24) is 9.97 Å². The average Bonchev–Trinajstić information content (AvgIpc) is 2.82. The van der Waals surface area contributed by atoms with Gasteiger partial charge in [-0.25, -0.2) is 9.97 Å². The van der Waals surface area contributed by atoms with Crippen molar-refractivity contribution in [2.24, 2.45) is 0 Å². The van der Waals surface area contributed by atoms with Crippen LogP contribution in [0.1, 0.15) is 36.0 Å². The van der Waals surface area contributed by atoms with Gasteiger partial charge < -0.3 is 15.2 Å². The first kappa shape index (κ1) is 9.99. The highest BCUT2D eigenvalue weighted by Crippen LogP contribution is 2.29. The number of ether oxygens (including phenoxy) is 2. The Balaban J connectivity index is 1.97. The molecule has 2 N–H and O–H groups in total. The van der Waals surface area contributed by atoms with E-state index in [0.29, 0.717) is 19.0 Å². The smallest absolute Gasteiger partial charge is 0.159 e. The van der Waals surface area contributed by atoms with E-state index in [2.05, 4.69) is 9.97 Å². The van der Waals surface area contributed by atoms with Crippen LogP contribution in [-0.2, 0) is 22.5 Å². The van der Waals surface area contributed by atoms with Gasteiger partial charge in [0.2, 0.25) is 0 Å². The summed E-state index contributed by atoms with van der Waals surface area (Å²) in [6, 6.07) is 0. The fourth-order valence-electron chi connectivity index (χ4n) is 2.20. The molecule has 0 aromatic carbocycles. The molecule has 1 saturated heterocycles. The minimum Gasteiger partial charge on any atom is -0.383 e. The van der Waals surface area contributed by atoms with Gasteiger partial charge in [0.05, 0.1) is 18.9 Å². The van der Waals surface area contributed by atoms with Crippen molar-refractivity contribution >= 4 is 5.82 Å². The summed E-state index contributed by atoms with van der Waals surface area (Å²) in [4.78, 5) is 8.89. The van der Waals surface area contributed by atoms with E-state index < -0.39 is 0 Å².